The maximum absolute atomic E-state index is 11.3. The Morgan fingerprint density at radius 3 is 2.20 bits per heavy atom. The van der Waals surface area contributed by atoms with Gasteiger partial charge in [0.05, 0.1) is 6.16 Å². The lowest BCUT2D eigenvalue weighted by Crippen LogP contribution is -1.90. The molecular weight excluding hydrogens is 261 g/mol. The number of rotatable bonds is 4. The first-order valence-electron chi connectivity index (χ1n) is 3.88. The molecule has 1 aromatic rings. The van der Waals surface area contributed by atoms with Crippen LogP contribution in [0.15, 0.2) is 30.3 Å². The van der Waals surface area contributed by atoms with Crippen LogP contribution in [0.5, 0.6) is 0 Å². The number of hydrogen-bond donors (Lipinski definition) is 2. The van der Waals surface area contributed by atoms with Gasteiger partial charge < -0.3 is 9.79 Å². The van der Waals surface area contributed by atoms with E-state index < -0.39 is 14.5 Å². The molecule has 0 aliphatic heterocycles. The molecule has 5 nitrogen and oxygen atoms in total. The molecule has 1 rings (SSSR count). The summed E-state index contributed by atoms with van der Waals surface area (Å²) in [4.78, 5) is 17.8. The molecule has 0 aromatic heterocycles. The van der Waals surface area contributed by atoms with Crippen LogP contribution in [-0.2, 0) is 19.6 Å². The lowest BCUT2D eigenvalue weighted by atomic mass is 10.2. The molecule has 1 aromatic carbocycles. The number of benzene rings is 1. The Bertz CT molecular complexity index is 415. The second-order valence-corrected chi connectivity index (χ2v) is 7.24. The van der Waals surface area contributed by atoms with Crippen LogP contribution in [0, 0.1) is 0 Å². The van der Waals surface area contributed by atoms with E-state index in [4.69, 9.17) is 16.1 Å². The van der Waals surface area contributed by atoms with E-state index in [0.29, 0.717) is 5.56 Å². The van der Waals surface area contributed by atoms with Gasteiger partial charge in [0, 0.05) is 11.2 Å². The molecule has 2 unspecified atom stereocenters. The first kappa shape index (κ1) is 12.9. The van der Waals surface area contributed by atoms with E-state index in [9.17, 15) is 14.0 Å². The van der Waals surface area contributed by atoms with Gasteiger partial charge in [-0.1, -0.05) is 30.3 Å². The van der Waals surface area contributed by atoms with E-state index in [1.807, 2.05) is 0 Å². The molecule has 8 heteroatoms. The van der Waals surface area contributed by atoms with E-state index in [2.05, 4.69) is 4.31 Å². The number of hydrogen-bond acceptors (Lipinski definition) is 3. The fraction of sp³-hybridized carbons (Fsp3) is 0.143. The molecule has 15 heavy (non-hydrogen) atoms. The zero-order valence-corrected chi connectivity index (χ0v) is 10.0. The third-order valence-electron chi connectivity index (χ3n) is 1.45. The summed E-state index contributed by atoms with van der Waals surface area (Å²) in [6.45, 7) is -4.47. The van der Waals surface area contributed by atoms with Crippen molar-refractivity contribution in [3.8, 4) is 0 Å². The summed E-state index contributed by atoms with van der Waals surface area (Å²) in [7, 11) is -4.18. The summed E-state index contributed by atoms with van der Waals surface area (Å²) >= 11 is 4.84. The van der Waals surface area contributed by atoms with Crippen LogP contribution >= 0.6 is 25.8 Å². The van der Waals surface area contributed by atoms with E-state index >= 15 is 0 Å². The maximum atomic E-state index is 11.3. The van der Waals surface area contributed by atoms with E-state index in [1.165, 1.54) is 0 Å². The van der Waals surface area contributed by atoms with Gasteiger partial charge in [0.25, 0.3) is 0 Å². The highest BCUT2D eigenvalue weighted by Crippen LogP contribution is 2.63. The van der Waals surface area contributed by atoms with Crippen LogP contribution in [0.3, 0.4) is 0 Å². The highest BCUT2D eigenvalue weighted by molar-refractivity contribution is 7.84. The van der Waals surface area contributed by atoms with Gasteiger partial charge in [-0.15, -0.1) is 0 Å². The fourth-order valence-corrected chi connectivity index (χ4v) is 4.03. The van der Waals surface area contributed by atoms with Crippen LogP contribution < -0.4 is 0 Å². The van der Waals surface area contributed by atoms with Gasteiger partial charge in [0.2, 0.25) is 0 Å². The second-order valence-electron chi connectivity index (χ2n) is 2.81. The summed E-state index contributed by atoms with van der Waals surface area (Å²) < 4.78 is 25.9. The standard InChI is InChI=1S/C7H9ClO5P2/c8-15(11,12)13-14(9,10)6-7-4-2-1-3-5-7/h1-5H,6H2,(H,9,10)(H,11,12). The van der Waals surface area contributed by atoms with Gasteiger partial charge in [-0.2, -0.15) is 0 Å². The summed E-state index contributed by atoms with van der Waals surface area (Å²) in [6, 6.07) is 8.29. The van der Waals surface area contributed by atoms with Gasteiger partial charge in [0.15, 0.2) is 0 Å². The zero-order chi connectivity index (χ0) is 11.5. The molecular formula is C7H9ClO5P2. The van der Waals surface area contributed by atoms with Crippen LogP contribution in [0.4, 0.5) is 0 Å². The van der Waals surface area contributed by atoms with Gasteiger partial charge in [0.1, 0.15) is 0 Å². The van der Waals surface area contributed by atoms with E-state index in [1.54, 1.807) is 30.3 Å². The molecule has 0 saturated heterocycles. The van der Waals surface area contributed by atoms with Crippen molar-refractivity contribution >= 4 is 25.8 Å². The van der Waals surface area contributed by atoms with Crippen LogP contribution in [0.2, 0.25) is 0 Å². The molecule has 0 bridgehead atoms. The van der Waals surface area contributed by atoms with E-state index in [-0.39, 0.29) is 6.16 Å². The Hall–Kier alpha value is -0.150. The summed E-state index contributed by atoms with van der Waals surface area (Å²) in [5.74, 6) is 0. The molecule has 2 N–H and O–H groups in total. The molecule has 0 radical (unpaired) electrons. The van der Waals surface area contributed by atoms with Crippen LogP contribution in [-0.4, -0.2) is 9.79 Å². The molecule has 2 atom stereocenters. The van der Waals surface area contributed by atoms with Gasteiger partial charge in [-0.25, -0.2) is 8.88 Å². The summed E-state index contributed by atoms with van der Waals surface area (Å²) in [5.41, 5.74) is 0.522. The molecule has 0 amide bonds. The smallest absolute Gasteiger partial charge is 0.324 e. The predicted molar refractivity (Wildman–Crippen MR) is 56.7 cm³/mol. The van der Waals surface area contributed by atoms with Crippen molar-refractivity contribution in [3.05, 3.63) is 35.9 Å². The molecule has 0 heterocycles. The topological polar surface area (TPSA) is 83.8 Å². The van der Waals surface area contributed by atoms with Gasteiger partial charge in [-0.05, 0) is 5.56 Å². The van der Waals surface area contributed by atoms with Gasteiger partial charge in [-0.3, -0.25) is 4.57 Å². The molecule has 0 spiro atoms. The lowest BCUT2D eigenvalue weighted by Gasteiger charge is -2.11. The fourth-order valence-electron chi connectivity index (χ4n) is 1.00. The van der Waals surface area contributed by atoms with Crippen LogP contribution in [0.25, 0.3) is 0 Å². The lowest BCUT2D eigenvalue weighted by molar-refractivity contribution is 0.343. The molecule has 84 valence electrons. The Kier molecular flexibility index (Phi) is 4.13. The summed E-state index contributed by atoms with van der Waals surface area (Å²) in [6.07, 6.45) is -0.356. The van der Waals surface area contributed by atoms with E-state index in [0.717, 1.165) is 0 Å². The maximum Gasteiger partial charge on any atom is 0.428 e. The Balaban J connectivity index is 2.74. The van der Waals surface area contributed by atoms with Crippen molar-refractivity contribution in [2.75, 3.05) is 0 Å². The highest BCUT2D eigenvalue weighted by atomic mass is 35.7. The first-order chi connectivity index (χ1) is 6.79. The Morgan fingerprint density at radius 1 is 1.20 bits per heavy atom. The van der Waals surface area contributed by atoms with Crippen LogP contribution in [0.1, 0.15) is 5.56 Å². The number of halogens is 1. The highest BCUT2D eigenvalue weighted by Gasteiger charge is 2.30. The third kappa shape index (κ3) is 5.47. The monoisotopic (exact) mass is 270 g/mol. The minimum atomic E-state index is -4.47. The quantitative estimate of drug-likeness (QED) is 0.822. The first-order valence-corrected chi connectivity index (χ1v) is 8.13. The van der Waals surface area contributed by atoms with Crippen molar-refractivity contribution in [1.82, 2.24) is 0 Å². The average Bonchev–Trinajstić information content (AvgIpc) is 1.99. The molecule has 0 aliphatic rings. The summed E-state index contributed by atoms with van der Waals surface area (Å²) in [5, 5.41) is 0. The third-order valence-corrected chi connectivity index (χ3v) is 4.60. The van der Waals surface area contributed by atoms with Crippen molar-refractivity contribution in [2.45, 2.75) is 6.16 Å². The normalized spacial score (nSPS) is 19.1. The minimum absolute atomic E-state index is 0.356. The minimum Gasteiger partial charge on any atom is -0.324 e. The van der Waals surface area contributed by atoms with Crippen molar-refractivity contribution in [1.29, 1.82) is 0 Å². The largest absolute Gasteiger partial charge is 0.428 e. The van der Waals surface area contributed by atoms with Gasteiger partial charge >= 0.3 is 14.5 Å². The molecule has 0 saturated carbocycles. The Morgan fingerprint density at radius 2 is 1.73 bits per heavy atom. The molecule has 0 fully saturated rings. The molecule has 0 aliphatic carbocycles. The second kappa shape index (κ2) is 4.79. The van der Waals surface area contributed by atoms with Crippen molar-refractivity contribution < 1.29 is 23.2 Å². The SMILES string of the molecule is O=P(O)(Cl)OP(=O)(O)Cc1ccccc1. The van der Waals surface area contributed by atoms with Crippen molar-refractivity contribution in [2.24, 2.45) is 0 Å². The zero-order valence-electron chi connectivity index (χ0n) is 7.49. The Labute approximate surface area is 91.5 Å². The predicted octanol–water partition coefficient (Wildman–Crippen LogP) is 2.73. The van der Waals surface area contributed by atoms with Crippen molar-refractivity contribution in [3.63, 3.8) is 0 Å². The average molecular weight is 271 g/mol.